The number of halogens is 1. The maximum Gasteiger partial charge on any atom is 0.251 e. The van der Waals surface area contributed by atoms with Crippen LogP contribution in [0.25, 0.3) is 0 Å². The molecule has 2 rings (SSSR count). The van der Waals surface area contributed by atoms with E-state index in [0.717, 1.165) is 25.1 Å². The highest BCUT2D eigenvalue weighted by Gasteiger charge is 2.07. The summed E-state index contributed by atoms with van der Waals surface area (Å²) < 4.78 is 1.56. The summed E-state index contributed by atoms with van der Waals surface area (Å²) in [5.41, 5.74) is 2.22. The fourth-order valence-corrected chi connectivity index (χ4v) is 2.31. The average molecular weight is 291 g/mol. The van der Waals surface area contributed by atoms with Crippen LogP contribution in [-0.4, -0.2) is 23.1 Å². The minimum Gasteiger partial charge on any atom is -0.318 e. The summed E-state index contributed by atoms with van der Waals surface area (Å²) in [6, 6.07) is 11.9. The van der Waals surface area contributed by atoms with E-state index >= 15 is 0 Å². The number of hydrogen-bond acceptors (Lipinski definition) is 2. The minimum atomic E-state index is -0.0781. The first-order valence-electron chi connectivity index (χ1n) is 6.64. The average Bonchev–Trinajstić information content (AvgIpc) is 2.44. The largest absolute Gasteiger partial charge is 0.318 e. The molecule has 0 amide bonds. The molecule has 1 aromatic heterocycles. The SMILES string of the molecule is CN(CCc1ccccc1)Cc1cn(C)c(=O)cc1Cl. The molecule has 0 N–H and O–H groups in total. The molecule has 0 aliphatic rings. The van der Waals surface area contributed by atoms with E-state index in [1.807, 2.05) is 12.3 Å². The van der Waals surface area contributed by atoms with Crippen molar-refractivity contribution in [3.05, 3.63) is 69.1 Å². The van der Waals surface area contributed by atoms with Crippen LogP contribution in [0.5, 0.6) is 0 Å². The summed E-state index contributed by atoms with van der Waals surface area (Å²) in [5.74, 6) is 0. The molecule has 0 fully saturated rings. The Bertz CT molecular complexity index is 622. The molecule has 0 bridgehead atoms. The van der Waals surface area contributed by atoms with Crippen molar-refractivity contribution in [2.45, 2.75) is 13.0 Å². The molecule has 4 heteroatoms. The van der Waals surface area contributed by atoms with Crippen molar-refractivity contribution in [3.63, 3.8) is 0 Å². The Morgan fingerprint density at radius 3 is 2.65 bits per heavy atom. The van der Waals surface area contributed by atoms with Crippen molar-refractivity contribution < 1.29 is 0 Å². The standard InChI is InChI=1S/C16H19ClN2O/c1-18(9-8-13-6-4-3-5-7-13)11-14-12-19(2)16(20)10-15(14)17/h3-7,10,12H,8-9,11H2,1-2H3. The van der Waals surface area contributed by atoms with E-state index < -0.39 is 0 Å². The van der Waals surface area contributed by atoms with Gasteiger partial charge in [-0.1, -0.05) is 41.9 Å². The van der Waals surface area contributed by atoms with Crippen LogP contribution in [0.4, 0.5) is 0 Å². The second-order valence-corrected chi connectivity index (χ2v) is 5.48. The van der Waals surface area contributed by atoms with Gasteiger partial charge in [-0.2, -0.15) is 0 Å². The number of rotatable bonds is 5. The van der Waals surface area contributed by atoms with E-state index in [0.29, 0.717) is 5.02 Å². The van der Waals surface area contributed by atoms with E-state index in [9.17, 15) is 4.79 Å². The third kappa shape index (κ3) is 3.95. The molecule has 3 nitrogen and oxygen atoms in total. The van der Waals surface area contributed by atoms with Crippen molar-refractivity contribution >= 4 is 11.6 Å². The van der Waals surface area contributed by atoms with Gasteiger partial charge in [0.1, 0.15) is 0 Å². The minimum absolute atomic E-state index is 0.0781. The van der Waals surface area contributed by atoms with Crippen LogP contribution >= 0.6 is 11.6 Å². The summed E-state index contributed by atoms with van der Waals surface area (Å²) in [4.78, 5) is 13.7. The van der Waals surface area contributed by atoms with Crippen LogP contribution in [-0.2, 0) is 20.0 Å². The molecule has 0 unspecified atom stereocenters. The van der Waals surface area contributed by atoms with Crippen LogP contribution < -0.4 is 5.56 Å². The molecule has 20 heavy (non-hydrogen) atoms. The second kappa shape index (κ2) is 6.73. The van der Waals surface area contributed by atoms with Crippen molar-refractivity contribution in [1.82, 2.24) is 9.47 Å². The lowest BCUT2D eigenvalue weighted by Crippen LogP contribution is -2.23. The predicted octanol–water partition coefficient (Wildman–Crippen LogP) is 2.71. The van der Waals surface area contributed by atoms with Gasteiger partial charge in [0.25, 0.3) is 5.56 Å². The van der Waals surface area contributed by atoms with Crippen molar-refractivity contribution in [3.8, 4) is 0 Å². The number of likely N-dealkylation sites (N-methyl/N-ethyl adjacent to an activating group) is 1. The number of nitrogens with zero attached hydrogens (tertiary/aromatic N) is 2. The van der Waals surface area contributed by atoms with Crippen molar-refractivity contribution in [2.24, 2.45) is 7.05 Å². The Kier molecular flexibility index (Phi) is 4.99. The topological polar surface area (TPSA) is 25.2 Å². The van der Waals surface area contributed by atoms with Crippen LogP contribution in [0.15, 0.2) is 47.4 Å². The molecule has 0 aliphatic carbocycles. The molecule has 1 heterocycles. The third-order valence-corrected chi connectivity index (χ3v) is 3.67. The molecular formula is C16H19ClN2O. The highest BCUT2D eigenvalue weighted by atomic mass is 35.5. The maximum atomic E-state index is 11.5. The van der Waals surface area contributed by atoms with Crippen LogP contribution in [0, 0.1) is 0 Å². The first-order chi connectivity index (χ1) is 9.56. The van der Waals surface area contributed by atoms with Gasteiger partial charge in [-0.15, -0.1) is 0 Å². The van der Waals surface area contributed by atoms with Gasteiger partial charge in [0.15, 0.2) is 0 Å². The molecule has 0 spiro atoms. The quantitative estimate of drug-likeness (QED) is 0.846. The molecule has 1 aromatic carbocycles. The molecule has 0 saturated carbocycles. The molecule has 0 radical (unpaired) electrons. The lowest BCUT2D eigenvalue weighted by molar-refractivity contribution is 0.330. The zero-order valence-electron chi connectivity index (χ0n) is 11.8. The molecular weight excluding hydrogens is 272 g/mol. The Morgan fingerprint density at radius 2 is 1.95 bits per heavy atom. The monoisotopic (exact) mass is 290 g/mol. The van der Waals surface area contributed by atoms with Gasteiger partial charge >= 0.3 is 0 Å². The maximum absolute atomic E-state index is 11.5. The third-order valence-electron chi connectivity index (χ3n) is 3.32. The molecule has 0 aliphatic heterocycles. The van der Waals surface area contributed by atoms with Crippen LogP contribution in [0.2, 0.25) is 5.02 Å². The van der Waals surface area contributed by atoms with Gasteiger partial charge in [-0.25, -0.2) is 0 Å². The lowest BCUT2D eigenvalue weighted by Gasteiger charge is -2.18. The number of benzene rings is 1. The van der Waals surface area contributed by atoms with E-state index in [1.165, 1.54) is 11.6 Å². The van der Waals surface area contributed by atoms with Gasteiger partial charge in [-0.3, -0.25) is 4.79 Å². The van der Waals surface area contributed by atoms with Crippen LogP contribution in [0.3, 0.4) is 0 Å². The highest BCUT2D eigenvalue weighted by molar-refractivity contribution is 6.31. The van der Waals surface area contributed by atoms with Gasteiger partial charge in [0.2, 0.25) is 0 Å². The highest BCUT2D eigenvalue weighted by Crippen LogP contribution is 2.14. The van der Waals surface area contributed by atoms with Gasteiger partial charge in [0, 0.05) is 38.0 Å². The van der Waals surface area contributed by atoms with E-state index in [2.05, 4.69) is 36.2 Å². The zero-order chi connectivity index (χ0) is 14.5. The Labute approximate surface area is 124 Å². The summed E-state index contributed by atoms with van der Waals surface area (Å²) in [5, 5.41) is 0.541. The summed E-state index contributed by atoms with van der Waals surface area (Å²) >= 11 is 6.12. The van der Waals surface area contributed by atoms with Crippen molar-refractivity contribution in [1.29, 1.82) is 0 Å². The molecule has 0 saturated heterocycles. The van der Waals surface area contributed by atoms with Gasteiger partial charge in [-0.05, 0) is 19.0 Å². The first kappa shape index (κ1) is 14.8. The molecule has 2 aromatic rings. The summed E-state index contributed by atoms with van der Waals surface area (Å²) in [7, 11) is 3.80. The van der Waals surface area contributed by atoms with Crippen molar-refractivity contribution in [2.75, 3.05) is 13.6 Å². The Hall–Kier alpha value is -1.58. The predicted molar refractivity (Wildman–Crippen MR) is 83.2 cm³/mol. The Balaban J connectivity index is 1.96. The first-order valence-corrected chi connectivity index (χ1v) is 7.01. The molecule has 0 atom stereocenters. The van der Waals surface area contributed by atoms with E-state index in [4.69, 9.17) is 11.6 Å². The lowest BCUT2D eigenvalue weighted by atomic mass is 10.1. The molecule has 106 valence electrons. The zero-order valence-corrected chi connectivity index (χ0v) is 12.6. The fourth-order valence-electron chi connectivity index (χ4n) is 2.11. The number of hydrogen-bond donors (Lipinski definition) is 0. The Morgan fingerprint density at radius 1 is 1.25 bits per heavy atom. The summed E-state index contributed by atoms with van der Waals surface area (Å²) in [6.07, 6.45) is 2.81. The van der Waals surface area contributed by atoms with Crippen LogP contribution in [0.1, 0.15) is 11.1 Å². The van der Waals surface area contributed by atoms with E-state index in [-0.39, 0.29) is 5.56 Å². The van der Waals surface area contributed by atoms with E-state index in [1.54, 1.807) is 11.6 Å². The number of pyridine rings is 1. The normalized spacial score (nSPS) is 11.0. The van der Waals surface area contributed by atoms with Gasteiger partial charge in [0.05, 0.1) is 5.02 Å². The smallest absolute Gasteiger partial charge is 0.251 e. The summed E-state index contributed by atoms with van der Waals surface area (Å²) in [6.45, 7) is 1.68. The number of aryl methyl sites for hydroxylation is 1. The van der Waals surface area contributed by atoms with Gasteiger partial charge < -0.3 is 9.47 Å². The second-order valence-electron chi connectivity index (χ2n) is 5.07. The number of aromatic nitrogens is 1. The fraction of sp³-hybridized carbons (Fsp3) is 0.312.